The number of nitrogens with zero attached hydrogens (tertiary/aromatic N) is 5. The van der Waals surface area contributed by atoms with Crippen LogP contribution in [0.5, 0.6) is 5.88 Å². The van der Waals surface area contributed by atoms with E-state index in [4.69, 9.17) is 10.5 Å². The second kappa shape index (κ2) is 7.08. The molecule has 5 rings (SSSR count). The summed E-state index contributed by atoms with van der Waals surface area (Å²) in [6.45, 7) is 0. The van der Waals surface area contributed by atoms with E-state index in [0.717, 1.165) is 36.9 Å². The molecule has 0 atom stereocenters. The van der Waals surface area contributed by atoms with Gasteiger partial charge in [-0.3, -0.25) is 9.48 Å². The molecule has 9 heteroatoms. The lowest BCUT2D eigenvalue weighted by Crippen LogP contribution is -2.56. The van der Waals surface area contributed by atoms with Gasteiger partial charge in [-0.05, 0) is 49.3 Å². The van der Waals surface area contributed by atoms with E-state index in [9.17, 15) is 4.79 Å². The largest absolute Gasteiger partial charge is 0.474 e. The summed E-state index contributed by atoms with van der Waals surface area (Å²) in [6.07, 6.45) is 11.2. The van der Waals surface area contributed by atoms with Gasteiger partial charge in [-0.25, -0.2) is 15.0 Å². The highest BCUT2D eigenvalue weighted by Gasteiger charge is 2.54. The Morgan fingerprint density at radius 2 is 2.07 bits per heavy atom. The van der Waals surface area contributed by atoms with Gasteiger partial charge in [0.25, 0.3) is 5.91 Å². The number of amides is 1. The lowest BCUT2D eigenvalue weighted by molar-refractivity contribution is -0.0760. The zero-order valence-corrected chi connectivity index (χ0v) is 16.7. The molecule has 0 aromatic carbocycles. The third kappa shape index (κ3) is 3.47. The lowest BCUT2D eigenvalue weighted by Gasteiger charge is -2.57. The fourth-order valence-corrected chi connectivity index (χ4v) is 4.57. The van der Waals surface area contributed by atoms with Gasteiger partial charge in [0.15, 0.2) is 0 Å². The summed E-state index contributed by atoms with van der Waals surface area (Å²) >= 11 is 0. The first-order valence-corrected chi connectivity index (χ1v) is 10.00. The molecule has 30 heavy (non-hydrogen) atoms. The number of carbonyl (C=O) groups excluding carboxylic acids is 1. The molecule has 154 valence electrons. The molecule has 0 saturated heterocycles. The maximum Gasteiger partial charge on any atom is 0.254 e. The highest BCUT2D eigenvalue weighted by Crippen LogP contribution is 2.57. The van der Waals surface area contributed by atoms with Gasteiger partial charge in [-0.1, -0.05) is 0 Å². The molecule has 1 amide bonds. The van der Waals surface area contributed by atoms with Gasteiger partial charge in [-0.15, -0.1) is 0 Å². The number of primary amides is 1. The molecule has 3 N–H and O–H groups in total. The molecular formula is C21H23N7O2. The first-order chi connectivity index (χ1) is 14.5. The molecule has 3 heterocycles. The van der Waals surface area contributed by atoms with E-state index in [1.165, 1.54) is 0 Å². The normalized spacial score (nSPS) is 24.7. The average molecular weight is 405 g/mol. The quantitative estimate of drug-likeness (QED) is 0.645. The Hall–Kier alpha value is -3.49. The number of nitrogens with two attached hydrogens (primary N) is 1. The predicted molar refractivity (Wildman–Crippen MR) is 110 cm³/mol. The van der Waals surface area contributed by atoms with Crippen molar-refractivity contribution in [1.82, 2.24) is 24.7 Å². The number of rotatable bonds is 6. The van der Waals surface area contributed by atoms with Crippen LogP contribution in [0.15, 0.2) is 43.0 Å². The first-order valence-electron chi connectivity index (χ1n) is 10.00. The van der Waals surface area contributed by atoms with Crippen LogP contribution in [0.3, 0.4) is 0 Å². The predicted octanol–water partition coefficient (Wildman–Crippen LogP) is 2.17. The zero-order valence-electron chi connectivity index (χ0n) is 16.7. The van der Waals surface area contributed by atoms with Gasteiger partial charge in [0.2, 0.25) is 11.8 Å². The molecule has 1 spiro atoms. The summed E-state index contributed by atoms with van der Waals surface area (Å²) < 4.78 is 7.69. The molecule has 2 aliphatic carbocycles. The number of nitrogens with one attached hydrogen (secondary N) is 1. The molecule has 9 nitrogen and oxygen atoms in total. The van der Waals surface area contributed by atoms with Crippen molar-refractivity contribution in [2.75, 3.05) is 5.32 Å². The number of hydrogen-bond acceptors (Lipinski definition) is 7. The Morgan fingerprint density at radius 1 is 1.23 bits per heavy atom. The van der Waals surface area contributed by atoms with Gasteiger partial charge in [0.05, 0.1) is 11.9 Å². The molecule has 3 aromatic heterocycles. The monoisotopic (exact) mass is 405 g/mol. The summed E-state index contributed by atoms with van der Waals surface area (Å²) in [4.78, 5) is 24.6. The maximum atomic E-state index is 11.5. The van der Waals surface area contributed by atoms with Crippen molar-refractivity contribution in [3.63, 3.8) is 0 Å². The van der Waals surface area contributed by atoms with Gasteiger partial charge in [0.1, 0.15) is 11.7 Å². The molecule has 3 aromatic rings. The molecule has 2 fully saturated rings. The third-order valence-corrected chi connectivity index (χ3v) is 5.98. The van der Waals surface area contributed by atoms with Crippen molar-refractivity contribution < 1.29 is 9.53 Å². The number of pyridine rings is 1. The Bertz CT molecular complexity index is 1080. The number of aromatic nitrogens is 5. The number of ether oxygens (including phenoxy) is 1. The van der Waals surface area contributed by atoms with Crippen LogP contribution in [0.2, 0.25) is 0 Å². The van der Waals surface area contributed by atoms with Crippen molar-refractivity contribution in [1.29, 1.82) is 0 Å². The van der Waals surface area contributed by atoms with Crippen LogP contribution in [0.1, 0.15) is 36.0 Å². The van der Waals surface area contributed by atoms with Gasteiger partial charge >= 0.3 is 0 Å². The second-order valence-electron chi connectivity index (χ2n) is 8.29. The standard InChI is InChI=1S/C21H23N7O2/c1-28-12-13(11-25-28)17-4-6-24-20(27-17)26-14-7-21(8-14)9-15(10-21)30-19-16(18(22)29)3-2-5-23-19/h2-6,11-12,14-15H,7-10H2,1H3,(H2,22,29)(H,24,26,27). The van der Waals surface area contributed by atoms with Gasteiger partial charge in [-0.2, -0.15) is 5.10 Å². The molecular weight excluding hydrogens is 382 g/mol. The van der Waals surface area contributed by atoms with Crippen molar-refractivity contribution in [3.8, 4) is 17.1 Å². The number of hydrogen-bond donors (Lipinski definition) is 2. The Kier molecular flexibility index (Phi) is 4.38. The first kappa shape index (κ1) is 18.5. The molecule has 2 saturated carbocycles. The average Bonchev–Trinajstić information content (AvgIpc) is 3.11. The van der Waals surface area contributed by atoms with Gasteiger partial charge < -0.3 is 15.8 Å². The maximum absolute atomic E-state index is 11.5. The topological polar surface area (TPSA) is 121 Å². The van der Waals surface area contributed by atoms with E-state index in [-0.39, 0.29) is 6.10 Å². The van der Waals surface area contributed by atoms with Crippen molar-refractivity contribution in [3.05, 3.63) is 48.5 Å². The molecule has 2 aliphatic rings. The minimum Gasteiger partial charge on any atom is -0.474 e. The Balaban J connectivity index is 1.14. The summed E-state index contributed by atoms with van der Waals surface area (Å²) in [6, 6.07) is 5.56. The fraction of sp³-hybridized carbons (Fsp3) is 0.381. The highest BCUT2D eigenvalue weighted by atomic mass is 16.5. The van der Waals surface area contributed by atoms with E-state index in [2.05, 4.69) is 25.4 Å². The molecule has 0 aliphatic heterocycles. The fourth-order valence-electron chi connectivity index (χ4n) is 4.57. The summed E-state index contributed by atoms with van der Waals surface area (Å²) in [5.41, 5.74) is 7.85. The minimum absolute atomic E-state index is 0.0732. The van der Waals surface area contributed by atoms with E-state index in [1.54, 1.807) is 35.4 Å². The molecule has 0 bridgehead atoms. The number of carbonyl (C=O) groups is 1. The van der Waals surface area contributed by atoms with E-state index in [1.807, 2.05) is 19.3 Å². The Labute approximate surface area is 173 Å². The van der Waals surface area contributed by atoms with Crippen molar-refractivity contribution >= 4 is 11.9 Å². The van der Waals surface area contributed by atoms with E-state index in [0.29, 0.717) is 28.8 Å². The van der Waals surface area contributed by atoms with Crippen molar-refractivity contribution in [2.24, 2.45) is 18.2 Å². The van der Waals surface area contributed by atoms with Crippen LogP contribution in [0.25, 0.3) is 11.3 Å². The molecule has 0 unspecified atom stereocenters. The number of anilines is 1. The van der Waals surface area contributed by atoms with Crippen LogP contribution in [0, 0.1) is 5.41 Å². The van der Waals surface area contributed by atoms with Crippen molar-refractivity contribution in [2.45, 2.75) is 37.8 Å². The van der Waals surface area contributed by atoms with Gasteiger partial charge in [0, 0.05) is 37.2 Å². The Morgan fingerprint density at radius 3 is 2.80 bits per heavy atom. The lowest BCUT2D eigenvalue weighted by atomic mass is 9.53. The number of aryl methyl sites for hydroxylation is 1. The smallest absolute Gasteiger partial charge is 0.254 e. The summed E-state index contributed by atoms with van der Waals surface area (Å²) in [5, 5.41) is 7.64. The zero-order chi connectivity index (χ0) is 20.7. The van der Waals surface area contributed by atoms with Crippen LogP contribution in [-0.4, -0.2) is 42.8 Å². The molecule has 0 radical (unpaired) electrons. The van der Waals surface area contributed by atoms with Crippen LogP contribution >= 0.6 is 0 Å². The third-order valence-electron chi connectivity index (χ3n) is 5.98. The van der Waals surface area contributed by atoms with E-state index < -0.39 is 5.91 Å². The highest BCUT2D eigenvalue weighted by molar-refractivity contribution is 5.94. The second-order valence-corrected chi connectivity index (χ2v) is 8.29. The summed E-state index contributed by atoms with van der Waals surface area (Å²) in [7, 11) is 1.88. The van der Waals surface area contributed by atoms with E-state index >= 15 is 0 Å². The van der Waals surface area contributed by atoms with Crippen LogP contribution < -0.4 is 15.8 Å². The van der Waals surface area contributed by atoms with Crippen LogP contribution in [0.4, 0.5) is 5.95 Å². The minimum atomic E-state index is -0.520. The summed E-state index contributed by atoms with van der Waals surface area (Å²) in [5.74, 6) is 0.455. The SMILES string of the molecule is Cn1cc(-c2ccnc(NC3CC4(C3)CC(Oc3ncccc3C(N)=O)C4)n2)cn1. The van der Waals surface area contributed by atoms with Crippen LogP contribution in [-0.2, 0) is 7.05 Å².